The molecule has 1 atom stereocenters. The summed E-state index contributed by atoms with van der Waals surface area (Å²) in [6, 6.07) is 6.45. The van der Waals surface area contributed by atoms with Gasteiger partial charge in [0.15, 0.2) is 0 Å². The van der Waals surface area contributed by atoms with Crippen LogP contribution in [-0.4, -0.2) is 70.3 Å². The van der Waals surface area contributed by atoms with Gasteiger partial charge in [0.2, 0.25) is 18.2 Å². The first kappa shape index (κ1) is 25.1. The van der Waals surface area contributed by atoms with Crippen molar-refractivity contribution in [1.29, 1.82) is 0 Å². The van der Waals surface area contributed by atoms with Crippen LogP contribution in [0.3, 0.4) is 0 Å². The molecule has 0 saturated carbocycles. The number of amides is 4. The van der Waals surface area contributed by atoms with Crippen LogP contribution in [0.2, 0.25) is 0 Å². The van der Waals surface area contributed by atoms with Crippen molar-refractivity contribution in [1.82, 2.24) is 25.3 Å². The molecule has 1 aromatic heterocycles. The number of anilines is 1. The van der Waals surface area contributed by atoms with Crippen molar-refractivity contribution in [3.63, 3.8) is 0 Å². The second-order valence-corrected chi connectivity index (χ2v) is 7.97. The molecule has 0 aliphatic carbocycles. The number of aryl methyl sites for hydroxylation is 1. The van der Waals surface area contributed by atoms with Gasteiger partial charge in [-0.1, -0.05) is 28.1 Å². The first-order valence-electron chi connectivity index (χ1n) is 10.0. The van der Waals surface area contributed by atoms with Crippen LogP contribution in [0.15, 0.2) is 36.7 Å². The van der Waals surface area contributed by atoms with Crippen LogP contribution >= 0.6 is 15.9 Å². The quantitative estimate of drug-likeness (QED) is 0.289. The summed E-state index contributed by atoms with van der Waals surface area (Å²) in [6.07, 6.45) is 4.44. The molecule has 0 spiro atoms. The first-order chi connectivity index (χ1) is 15.3. The molecular formula is C21H27BrN6O4. The molecule has 3 N–H and O–H groups in total. The fourth-order valence-electron chi connectivity index (χ4n) is 2.72. The SMILES string of the molecule is CC(NC(=O)c1cnn(CCBr)c1)C(=O)NCC(=O)Nc1cccc(CCN(C)C=O)c1. The maximum Gasteiger partial charge on any atom is 0.255 e. The molecule has 2 rings (SSSR count). The number of alkyl halides is 1. The topological polar surface area (TPSA) is 125 Å². The van der Waals surface area contributed by atoms with Crippen LogP contribution in [0.1, 0.15) is 22.8 Å². The molecule has 4 amide bonds. The summed E-state index contributed by atoms with van der Waals surface area (Å²) in [4.78, 5) is 48.9. The maximum absolute atomic E-state index is 12.2. The molecule has 0 bridgehead atoms. The third-order valence-corrected chi connectivity index (χ3v) is 4.87. The molecule has 11 heteroatoms. The zero-order valence-electron chi connectivity index (χ0n) is 18.0. The largest absolute Gasteiger partial charge is 0.348 e. The van der Waals surface area contributed by atoms with Gasteiger partial charge in [-0.3, -0.25) is 23.9 Å². The van der Waals surface area contributed by atoms with E-state index in [1.165, 1.54) is 18.0 Å². The average molecular weight is 507 g/mol. The minimum absolute atomic E-state index is 0.236. The van der Waals surface area contributed by atoms with Crippen molar-refractivity contribution in [3.8, 4) is 0 Å². The van der Waals surface area contributed by atoms with Gasteiger partial charge in [-0.2, -0.15) is 5.10 Å². The number of nitrogens with one attached hydrogen (secondary N) is 3. The summed E-state index contributed by atoms with van der Waals surface area (Å²) in [5, 5.41) is 12.6. The molecule has 1 aromatic carbocycles. The fourth-order valence-corrected chi connectivity index (χ4v) is 3.09. The van der Waals surface area contributed by atoms with Gasteiger partial charge in [-0.15, -0.1) is 0 Å². The molecule has 1 heterocycles. The highest BCUT2D eigenvalue weighted by atomic mass is 79.9. The van der Waals surface area contributed by atoms with Crippen molar-refractivity contribution in [2.24, 2.45) is 0 Å². The Bertz CT molecular complexity index is 948. The summed E-state index contributed by atoms with van der Waals surface area (Å²) in [7, 11) is 1.70. The number of carbonyl (C=O) groups is 4. The highest BCUT2D eigenvalue weighted by Crippen LogP contribution is 2.11. The lowest BCUT2D eigenvalue weighted by molar-refractivity contribution is -0.125. The minimum Gasteiger partial charge on any atom is -0.348 e. The number of benzene rings is 1. The standard InChI is InChI=1S/C21H27BrN6O4/c1-15(25-21(32)17-11-24-28(13-17)9-7-22)20(31)23-12-19(30)26-18-5-3-4-16(10-18)6-8-27(2)14-29/h3-5,10-11,13-15H,6-9,12H2,1-2H3,(H,23,31)(H,25,32)(H,26,30). The summed E-state index contributed by atoms with van der Waals surface area (Å²) in [5.74, 6) is -1.29. The summed E-state index contributed by atoms with van der Waals surface area (Å²) < 4.78 is 1.62. The van der Waals surface area contributed by atoms with E-state index in [0.717, 1.165) is 12.0 Å². The number of likely N-dealkylation sites (N-methyl/N-ethyl adjacent to an activating group) is 1. The predicted octanol–water partition coefficient (Wildman–Crippen LogP) is 0.782. The lowest BCUT2D eigenvalue weighted by Gasteiger charge is -2.14. The molecule has 10 nitrogen and oxygen atoms in total. The predicted molar refractivity (Wildman–Crippen MR) is 123 cm³/mol. The lowest BCUT2D eigenvalue weighted by atomic mass is 10.1. The Morgan fingerprint density at radius 1 is 1.31 bits per heavy atom. The zero-order chi connectivity index (χ0) is 23.5. The van der Waals surface area contributed by atoms with E-state index in [0.29, 0.717) is 36.1 Å². The van der Waals surface area contributed by atoms with E-state index in [4.69, 9.17) is 0 Å². The second-order valence-electron chi connectivity index (χ2n) is 7.18. The van der Waals surface area contributed by atoms with Gasteiger partial charge in [-0.05, 0) is 31.0 Å². The van der Waals surface area contributed by atoms with E-state index in [9.17, 15) is 19.2 Å². The molecule has 2 aromatic rings. The van der Waals surface area contributed by atoms with Crippen LogP contribution in [-0.2, 0) is 27.3 Å². The zero-order valence-corrected chi connectivity index (χ0v) is 19.6. The number of nitrogens with zero attached hydrogens (tertiary/aromatic N) is 3. The number of hydrogen-bond donors (Lipinski definition) is 3. The molecule has 0 aliphatic rings. The number of carbonyl (C=O) groups excluding carboxylic acids is 4. The highest BCUT2D eigenvalue weighted by molar-refractivity contribution is 9.09. The van der Waals surface area contributed by atoms with Crippen molar-refractivity contribution in [3.05, 3.63) is 47.8 Å². The Labute approximate surface area is 194 Å². The third-order valence-electron chi connectivity index (χ3n) is 4.52. The van der Waals surface area contributed by atoms with Gasteiger partial charge in [0.25, 0.3) is 5.91 Å². The summed E-state index contributed by atoms with van der Waals surface area (Å²) in [6.45, 7) is 2.49. The molecule has 172 valence electrons. The summed E-state index contributed by atoms with van der Waals surface area (Å²) >= 11 is 3.30. The van der Waals surface area contributed by atoms with Gasteiger partial charge in [-0.25, -0.2) is 0 Å². The Balaban J connectivity index is 1.78. The maximum atomic E-state index is 12.2. The van der Waals surface area contributed by atoms with Crippen LogP contribution in [0, 0.1) is 0 Å². The van der Waals surface area contributed by atoms with Gasteiger partial charge >= 0.3 is 0 Å². The van der Waals surface area contributed by atoms with E-state index >= 15 is 0 Å². The average Bonchev–Trinajstić information content (AvgIpc) is 3.25. The van der Waals surface area contributed by atoms with Gasteiger partial charge in [0, 0.05) is 30.8 Å². The van der Waals surface area contributed by atoms with Crippen LogP contribution in [0.5, 0.6) is 0 Å². The van der Waals surface area contributed by atoms with Gasteiger partial charge < -0.3 is 20.9 Å². The van der Waals surface area contributed by atoms with Crippen molar-refractivity contribution >= 4 is 45.7 Å². The molecular weight excluding hydrogens is 480 g/mol. The van der Waals surface area contributed by atoms with E-state index in [2.05, 4.69) is 37.0 Å². The Morgan fingerprint density at radius 2 is 2.09 bits per heavy atom. The first-order valence-corrected chi connectivity index (χ1v) is 11.2. The van der Waals surface area contributed by atoms with Gasteiger partial charge in [0.05, 0.1) is 24.8 Å². The van der Waals surface area contributed by atoms with Gasteiger partial charge in [0.1, 0.15) is 6.04 Å². The minimum atomic E-state index is -0.826. The fraction of sp³-hybridized carbons (Fsp3) is 0.381. The number of hydrogen-bond acceptors (Lipinski definition) is 5. The molecule has 0 saturated heterocycles. The Morgan fingerprint density at radius 3 is 2.81 bits per heavy atom. The van der Waals surface area contributed by atoms with Crippen LogP contribution in [0.4, 0.5) is 5.69 Å². The number of rotatable bonds is 12. The van der Waals surface area contributed by atoms with Crippen molar-refractivity contribution < 1.29 is 19.2 Å². The van der Waals surface area contributed by atoms with Crippen LogP contribution < -0.4 is 16.0 Å². The van der Waals surface area contributed by atoms with E-state index in [1.54, 1.807) is 24.0 Å². The van der Waals surface area contributed by atoms with Crippen molar-refractivity contribution in [2.45, 2.75) is 25.9 Å². The van der Waals surface area contributed by atoms with E-state index in [1.807, 2.05) is 18.2 Å². The monoisotopic (exact) mass is 506 g/mol. The highest BCUT2D eigenvalue weighted by Gasteiger charge is 2.18. The number of aromatic nitrogens is 2. The van der Waals surface area contributed by atoms with E-state index < -0.39 is 23.8 Å². The molecule has 0 fully saturated rings. The van der Waals surface area contributed by atoms with Crippen LogP contribution in [0.25, 0.3) is 0 Å². The smallest absolute Gasteiger partial charge is 0.255 e. The Hall–Kier alpha value is -3.21. The molecule has 32 heavy (non-hydrogen) atoms. The molecule has 0 radical (unpaired) electrons. The normalized spacial score (nSPS) is 11.3. The second kappa shape index (κ2) is 12.6. The lowest BCUT2D eigenvalue weighted by Crippen LogP contribution is -2.46. The summed E-state index contributed by atoms with van der Waals surface area (Å²) in [5.41, 5.74) is 1.91. The van der Waals surface area contributed by atoms with E-state index in [-0.39, 0.29) is 6.54 Å². The number of halogens is 1. The Kier molecular flexibility index (Phi) is 9.86. The third kappa shape index (κ3) is 8.14. The molecule has 1 unspecified atom stereocenters. The molecule has 0 aliphatic heterocycles. The van der Waals surface area contributed by atoms with Crippen molar-refractivity contribution in [2.75, 3.05) is 30.8 Å².